The zero-order valence-electron chi connectivity index (χ0n) is 16.5. The van der Waals surface area contributed by atoms with Crippen molar-refractivity contribution in [1.29, 1.82) is 0 Å². The molecule has 0 bridgehead atoms. The molecule has 7 nitrogen and oxygen atoms in total. The Kier molecular flexibility index (Phi) is 7.08. The molecule has 1 aliphatic rings. The van der Waals surface area contributed by atoms with Crippen LogP contribution >= 0.6 is 0 Å². The summed E-state index contributed by atoms with van der Waals surface area (Å²) in [7, 11) is 1.58. The van der Waals surface area contributed by atoms with E-state index >= 15 is 0 Å². The Morgan fingerprint density at radius 3 is 2.48 bits per heavy atom. The zero-order valence-corrected chi connectivity index (χ0v) is 16.5. The number of methoxy groups -OCH3 is 1. The first-order valence-electron chi connectivity index (χ1n) is 9.55. The molecule has 0 saturated carbocycles. The van der Waals surface area contributed by atoms with Gasteiger partial charge in [0.15, 0.2) is 6.23 Å². The minimum atomic E-state index is -0.858. The third-order valence-corrected chi connectivity index (χ3v) is 4.78. The molecule has 0 aliphatic carbocycles. The lowest BCUT2D eigenvalue weighted by Gasteiger charge is -2.27. The Morgan fingerprint density at radius 2 is 1.86 bits per heavy atom. The van der Waals surface area contributed by atoms with Crippen LogP contribution in [0.2, 0.25) is 0 Å². The van der Waals surface area contributed by atoms with Crippen LogP contribution in [0.3, 0.4) is 0 Å². The molecule has 0 radical (unpaired) electrons. The Labute approximate surface area is 170 Å². The van der Waals surface area contributed by atoms with Gasteiger partial charge in [-0.05, 0) is 24.1 Å². The summed E-state index contributed by atoms with van der Waals surface area (Å²) < 4.78 is 21.8. The van der Waals surface area contributed by atoms with Crippen molar-refractivity contribution in [1.82, 2.24) is 4.90 Å². The molecule has 1 aliphatic heterocycles. The van der Waals surface area contributed by atoms with E-state index in [2.05, 4.69) is 0 Å². The zero-order chi connectivity index (χ0) is 20.6. The second-order valence-electron chi connectivity index (χ2n) is 6.67. The van der Waals surface area contributed by atoms with E-state index in [1.165, 1.54) is 4.90 Å². The molecule has 29 heavy (non-hydrogen) atoms. The van der Waals surface area contributed by atoms with Crippen LogP contribution in [0.4, 0.5) is 4.79 Å². The average Bonchev–Trinajstić information content (AvgIpc) is 3.11. The van der Waals surface area contributed by atoms with Crippen molar-refractivity contribution < 1.29 is 28.5 Å². The summed E-state index contributed by atoms with van der Waals surface area (Å²) in [6.07, 6.45) is -0.726. The fraction of sp³-hybridized carbons (Fsp3) is 0.364. The van der Waals surface area contributed by atoms with Crippen molar-refractivity contribution in [3.8, 4) is 5.75 Å². The van der Waals surface area contributed by atoms with Crippen LogP contribution in [0.15, 0.2) is 54.6 Å². The Bertz CT molecular complexity index is 795. The first-order valence-corrected chi connectivity index (χ1v) is 9.55. The lowest BCUT2D eigenvalue weighted by molar-refractivity contribution is -0.163. The molecule has 2 unspecified atom stereocenters. The molecule has 1 saturated heterocycles. The summed E-state index contributed by atoms with van der Waals surface area (Å²) in [4.78, 5) is 25.5. The monoisotopic (exact) mass is 399 g/mol. The van der Waals surface area contributed by atoms with Gasteiger partial charge in [-0.3, -0.25) is 9.69 Å². The normalized spacial score (nSPS) is 20.9. The maximum atomic E-state index is 13.0. The van der Waals surface area contributed by atoms with Gasteiger partial charge in [0, 0.05) is 5.56 Å². The third kappa shape index (κ3) is 4.86. The smallest absolute Gasteiger partial charge is 0.412 e. The van der Waals surface area contributed by atoms with Crippen molar-refractivity contribution in [3.05, 3.63) is 65.7 Å². The Morgan fingerprint density at radius 1 is 1.14 bits per heavy atom. The van der Waals surface area contributed by atoms with Crippen LogP contribution in [0.5, 0.6) is 5.75 Å². The predicted molar refractivity (Wildman–Crippen MR) is 105 cm³/mol. The summed E-state index contributed by atoms with van der Waals surface area (Å²) >= 11 is 0. The average molecular weight is 399 g/mol. The fourth-order valence-corrected chi connectivity index (χ4v) is 3.37. The van der Waals surface area contributed by atoms with Gasteiger partial charge in [-0.25, -0.2) is 4.79 Å². The van der Waals surface area contributed by atoms with Gasteiger partial charge < -0.3 is 18.9 Å². The van der Waals surface area contributed by atoms with E-state index in [4.69, 9.17) is 18.9 Å². The van der Waals surface area contributed by atoms with E-state index in [0.717, 1.165) is 17.5 Å². The van der Waals surface area contributed by atoms with Crippen LogP contribution in [0, 0.1) is 0 Å². The Hall–Kier alpha value is -3.06. The van der Waals surface area contributed by atoms with Crippen LogP contribution in [0.25, 0.3) is 0 Å². The van der Waals surface area contributed by atoms with Gasteiger partial charge in [-0.1, -0.05) is 55.8 Å². The lowest BCUT2D eigenvalue weighted by Crippen LogP contribution is -2.41. The van der Waals surface area contributed by atoms with Gasteiger partial charge in [-0.15, -0.1) is 0 Å². The molecule has 1 heterocycles. The van der Waals surface area contributed by atoms with E-state index in [1.807, 2.05) is 49.4 Å². The Balaban J connectivity index is 1.84. The minimum Gasteiger partial charge on any atom is -0.497 e. The molecule has 0 aromatic heterocycles. The summed E-state index contributed by atoms with van der Waals surface area (Å²) in [6, 6.07) is 16.2. The van der Waals surface area contributed by atoms with Crippen molar-refractivity contribution >= 4 is 12.6 Å². The van der Waals surface area contributed by atoms with Crippen molar-refractivity contribution in [3.63, 3.8) is 0 Å². The summed E-state index contributed by atoms with van der Waals surface area (Å²) in [6.45, 7) is 2.48. The van der Waals surface area contributed by atoms with Crippen molar-refractivity contribution in [2.75, 3.05) is 7.11 Å². The molecule has 1 fully saturated rings. The molecule has 7 heteroatoms. The van der Waals surface area contributed by atoms with Gasteiger partial charge in [0.25, 0.3) is 6.47 Å². The first-order chi connectivity index (χ1) is 14.2. The van der Waals surface area contributed by atoms with Gasteiger partial charge in [0.1, 0.15) is 18.4 Å². The van der Waals surface area contributed by atoms with Crippen molar-refractivity contribution in [2.45, 2.75) is 44.9 Å². The van der Waals surface area contributed by atoms with E-state index < -0.39 is 24.7 Å². The van der Waals surface area contributed by atoms with Gasteiger partial charge >= 0.3 is 6.09 Å². The number of benzene rings is 2. The molecule has 0 spiro atoms. The molecular weight excluding hydrogens is 374 g/mol. The predicted octanol–water partition coefficient (Wildman–Crippen LogP) is 4.03. The third-order valence-electron chi connectivity index (χ3n) is 4.78. The highest BCUT2D eigenvalue weighted by Gasteiger charge is 2.47. The van der Waals surface area contributed by atoms with E-state index in [-0.39, 0.29) is 6.61 Å². The molecule has 1 amide bonds. The van der Waals surface area contributed by atoms with Gasteiger partial charge in [0.05, 0.1) is 7.11 Å². The molecule has 2 aromatic carbocycles. The molecule has 3 rings (SSSR count). The summed E-state index contributed by atoms with van der Waals surface area (Å²) in [5, 5.41) is 0. The molecular formula is C22H25NO6. The topological polar surface area (TPSA) is 74.3 Å². The fourth-order valence-electron chi connectivity index (χ4n) is 3.37. The van der Waals surface area contributed by atoms with Gasteiger partial charge in [0.2, 0.25) is 6.29 Å². The number of nitrogens with zero attached hydrogens (tertiary/aromatic N) is 1. The minimum absolute atomic E-state index is 0.142. The summed E-state index contributed by atoms with van der Waals surface area (Å²) in [5.74, 6) is 0.691. The van der Waals surface area contributed by atoms with E-state index in [0.29, 0.717) is 18.6 Å². The van der Waals surface area contributed by atoms with Gasteiger partial charge in [-0.2, -0.15) is 0 Å². The first kappa shape index (κ1) is 20.7. The van der Waals surface area contributed by atoms with Crippen molar-refractivity contribution in [2.24, 2.45) is 0 Å². The highest BCUT2D eigenvalue weighted by atomic mass is 16.7. The van der Waals surface area contributed by atoms with Crippen LogP contribution < -0.4 is 4.74 Å². The van der Waals surface area contributed by atoms with Crippen LogP contribution in [0.1, 0.15) is 37.1 Å². The largest absolute Gasteiger partial charge is 0.497 e. The molecule has 0 N–H and O–H groups in total. The van der Waals surface area contributed by atoms with E-state index in [9.17, 15) is 9.59 Å². The number of hydrogen-bond donors (Lipinski definition) is 0. The van der Waals surface area contributed by atoms with Crippen LogP contribution in [-0.2, 0) is 25.6 Å². The number of ether oxygens (including phenoxy) is 4. The van der Waals surface area contributed by atoms with Crippen LogP contribution in [-0.4, -0.2) is 36.9 Å². The second-order valence-corrected chi connectivity index (χ2v) is 6.67. The highest BCUT2D eigenvalue weighted by Crippen LogP contribution is 2.38. The quantitative estimate of drug-likeness (QED) is 0.624. The molecule has 2 aromatic rings. The molecule has 3 atom stereocenters. The lowest BCUT2D eigenvalue weighted by atomic mass is 10.1. The number of amides is 1. The standard InChI is InChI=1S/C22H25NO6/c1-3-7-19-21(28-15-24)29-20(17-10-12-18(26-2)13-11-17)23(19)22(25)27-14-16-8-5-4-6-9-16/h4-6,8-13,15,19-21H,3,7,14H2,1-2H3/t19-,20?,21?/m0/s1. The number of carbonyl (C=O) groups is 2. The second kappa shape index (κ2) is 9.93. The molecule has 154 valence electrons. The van der Waals surface area contributed by atoms with E-state index in [1.54, 1.807) is 19.2 Å². The number of carbonyl (C=O) groups excluding carboxylic acids is 2. The number of hydrogen-bond acceptors (Lipinski definition) is 6. The number of rotatable bonds is 8. The summed E-state index contributed by atoms with van der Waals surface area (Å²) in [5.41, 5.74) is 1.62. The maximum Gasteiger partial charge on any atom is 0.412 e. The highest BCUT2D eigenvalue weighted by molar-refractivity contribution is 5.69. The maximum absolute atomic E-state index is 13.0. The SMILES string of the molecule is CCC[C@H]1C(OC=O)OC(c2ccc(OC)cc2)N1C(=O)OCc1ccccc1.